The normalized spacial score (nSPS) is 16.4. The maximum Gasteiger partial charge on any atom is 0.226 e. The third-order valence-corrected chi connectivity index (χ3v) is 7.10. The van der Waals surface area contributed by atoms with Crippen molar-refractivity contribution >= 4 is 30.1 Å². The molecule has 2 amide bonds. The summed E-state index contributed by atoms with van der Waals surface area (Å²) in [4.78, 5) is 27.1. The third-order valence-electron chi connectivity index (χ3n) is 7.10. The minimum atomic E-state index is -0.310. The molecule has 0 bridgehead atoms. The molecule has 1 fully saturated rings. The van der Waals surface area contributed by atoms with Gasteiger partial charge in [0.1, 0.15) is 18.2 Å². The van der Waals surface area contributed by atoms with E-state index >= 15 is 0 Å². The molecule has 1 saturated heterocycles. The van der Waals surface area contributed by atoms with Crippen LogP contribution in [0.2, 0.25) is 0 Å². The summed E-state index contributed by atoms with van der Waals surface area (Å²) >= 11 is 0. The Kier molecular flexibility index (Phi) is 10.9. The van der Waals surface area contributed by atoms with E-state index in [1.807, 2.05) is 71.6 Å². The van der Waals surface area contributed by atoms with E-state index in [1.165, 1.54) is 5.56 Å². The van der Waals surface area contributed by atoms with Gasteiger partial charge in [0.05, 0.1) is 6.04 Å². The molecule has 0 unspecified atom stereocenters. The van der Waals surface area contributed by atoms with E-state index in [4.69, 9.17) is 10.1 Å². The summed E-state index contributed by atoms with van der Waals surface area (Å²) in [7, 11) is 3.34. The number of aryl methyl sites for hydroxylation is 1. The lowest BCUT2D eigenvalue weighted by atomic mass is 10.0. The molecule has 206 valence electrons. The monoisotopic (exact) mass is 548 g/mol. The van der Waals surface area contributed by atoms with Crippen molar-refractivity contribution in [2.75, 3.05) is 27.2 Å². The van der Waals surface area contributed by atoms with Gasteiger partial charge in [-0.3, -0.25) is 15.0 Å². The first kappa shape index (κ1) is 29.7. The molecule has 1 aliphatic rings. The Balaban J connectivity index is 0.00000420. The third kappa shape index (κ3) is 7.83. The molecular weight excluding hydrogens is 512 g/mol. The predicted octanol–water partition coefficient (Wildman–Crippen LogP) is 4.68. The van der Waals surface area contributed by atoms with Crippen LogP contribution in [0.3, 0.4) is 0 Å². The highest BCUT2D eigenvalue weighted by molar-refractivity contribution is 5.96. The topological polar surface area (TPSA) is 94.5 Å². The van der Waals surface area contributed by atoms with Gasteiger partial charge in [0.2, 0.25) is 11.8 Å². The highest BCUT2D eigenvalue weighted by atomic mass is 35.5. The van der Waals surface area contributed by atoms with Gasteiger partial charge in [-0.15, -0.1) is 12.4 Å². The second kappa shape index (κ2) is 14.4. The van der Waals surface area contributed by atoms with Crippen molar-refractivity contribution < 1.29 is 14.3 Å². The van der Waals surface area contributed by atoms with E-state index in [9.17, 15) is 9.59 Å². The fraction of sp³-hybridized carbons (Fsp3) is 0.323. The van der Waals surface area contributed by atoms with Crippen LogP contribution in [0.1, 0.15) is 30.4 Å². The van der Waals surface area contributed by atoms with E-state index < -0.39 is 0 Å². The van der Waals surface area contributed by atoms with Crippen LogP contribution in [0.5, 0.6) is 5.75 Å². The standard InChI is InChI=1S/C31H36N4O3.ClH/c1-33-29(36)20-26-19-27(35(31(26)37)18-6-9-22-7-4-3-5-8-22)21-38-28-16-14-24(15-17-28)23-10-12-25(13-11-23)30(32)34-2;/h3-5,7-8,10-17,26-27H,6,9,18-21H2,1-2H3,(H2,32,34)(H,33,36);1H/t26-,27-;/m0./s1. The molecule has 1 heterocycles. The molecule has 2 atom stereocenters. The maximum atomic E-state index is 13.2. The number of nitrogens with zero attached hydrogens (tertiary/aromatic N) is 1. The zero-order valence-electron chi connectivity index (χ0n) is 22.5. The largest absolute Gasteiger partial charge is 0.491 e. The van der Waals surface area contributed by atoms with Crippen molar-refractivity contribution in [1.82, 2.24) is 15.5 Å². The minimum absolute atomic E-state index is 0. The maximum absolute atomic E-state index is 13.2. The van der Waals surface area contributed by atoms with E-state index in [0.717, 1.165) is 35.3 Å². The van der Waals surface area contributed by atoms with Gasteiger partial charge in [-0.1, -0.05) is 66.7 Å². The van der Waals surface area contributed by atoms with E-state index in [2.05, 4.69) is 22.8 Å². The predicted molar refractivity (Wildman–Crippen MR) is 158 cm³/mol. The SMILES string of the molecule is CNC(=N)c1ccc(-c2ccc(OC[C@@H]3C[C@@H](CC(=O)NC)C(=O)N3CCCc3ccccc3)cc2)cc1.Cl. The zero-order chi connectivity index (χ0) is 26.9. The number of carbonyl (C=O) groups is 2. The number of hydrogen-bond donors (Lipinski definition) is 3. The van der Waals surface area contributed by atoms with Gasteiger partial charge in [0, 0.05) is 38.5 Å². The highest BCUT2D eigenvalue weighted by Crippen LogP contribution is 2.29. The lowest BCUT2D eigenvalue weighted by Crippen LogP contribution is -2.38. The zero-order valence-corrected chi connectivity index (χ0v) is 23.3. The Morgan fingerprint density at radius 3 is 2.21 bits per heavy atom. The van der Waals surface area contributed by atoms with Gasteiger partial charge in [-0.25, -0.2) is 0 Å². The highest BCUT2D eigenvalue weighted by Gasteiger charge is 2.40. The number of nitrogens with one attached hydrogen (secondary N) is 3. The van der Waals surface area contributed by atoms with Crippen molar-refractivity contribution in [3.8, 4) is 16.9 Å². The molecule has 4 rings (SSSR count). The lowest BCUT2D eigenvalue weighted by Gasteiger charge is -2.25. The molecule has 3 N–H and O–H groups in total. The molecular formula is C31H37ClN4O3. The van der Waals surface area contributed by atoms with Gasteiger partial charge in [-0.2, -0.15) is 0 Å². The van der Waals surface area contributed by atoms with Crippen LogP contribution in [0.25, 0.3) is 11.1 Å². The van der Waals surface area contributed by atoms with E-state index in [-0.39, 0.29) is 42.6 Å². The Labute approximate surface area is 236 Å². The summed E-state index contributed by atoms with van der Waals surface area (Å²) in [5, 5.41) is 13.4. The van der Waals surface area contributed by atoms with Crippen LogP contribution in [0, 0.1) is 11.3 Å². The first-order valence-corrected chi connectivity index (χ1v) is 13.1. The van der Waals surface area contributed by atoms with Crippen LogP contribution in [-0.4, -0.2) is 55.8 Å². The summed E-state index contributed by atoms with van der Waals surface area (Å²) in [5.41, 5.74) is 4.21. The van der Waals surface area contributed by atoms with Crippen molar-refractivity contribution in [2.45, 2.75) is 31.7 Å². The van der Waals surface area contributed by atoms with Crippen molar-refractivity contribution in [2.24, 2.45) is 5.92 Å². The Morgan fingerprint density at radius 2 is 1.59 bits per heavy atom. The molecule has 7 nitrogen and oxygen atoms in total. The van der Waals surface area contributed by atoms with Gasteiger partial charge in [0.25, 0.3) is 0 Å². The van der Waals surface area contributed by atoms with Crippen molar-refractivity contribution in [1.29, 1.82) is 5.41 Å². The van der Waals surface area contributed by atoms with Gasteiger partial charge in [-0.05, 0) is 48.1 Å². The Bertz CT molecular complexity index is 1230. The van der Waals surface area contributed by atoms with Gasteiger partial charge < -0.3 is 20.3 Å². The second-order valence-electron chi connectivity index (χ2n) is 9.62. The number of hydrogen-bond acceptors (Lipinski definition) is 4. The lowest BCUT2D eigenvalue weighted by molar-refractivity contribution is -0.135. The molecule has 0 aliphatic carbocycles. The smallest absolute Gasteiger partial charge is 0.226 e. The molecule has 0 spiro atoms. The molecule has 1 aliphatic heterocycles. The summed E-state index contributed by atoms with van der Waals surface area (Å²) in [5.74, 6) is 0.752. The van der Waals surface area contributed by atoms with Gasteiger partial charge in [0.15, 0.2) is 0 Å². The second-order valence-corrected chi connectivity index (χ2v) is 9.62. The van der Waals surface area contributed by atoms with Crippen LogP contribution in [0.15, 0.2) is 78.9 Å². The summed E-state index contributed by atoms with van der Waals surface area (Å²) in [6, 6.07) is 26.0. The number of ether oxygens (including phenoxy) is 1. The van der Waals surface area contributed by atoms with Gasteiger partial charge >= 0.3 is 0 Å². The number of halogens is 1. The van der Waals surface area contributed by atoms with Crippen molar-refractivity contribution in [3.05, 3.63) is 90.0 Å². The summed E-state index contributed by atoms with van der Waals surface area (Å²) < 4.78 is 6.14. The number of amidine groups is 1. The molecule has 39 heavy (non-hydrogen) atoms. The fourth-order valence-corrected chi connectivity index (χ4v) is 4.93. The van der Waals surface area contributed by atoms with Crippen LogP contribution < -0.4 is 15.4 Å². The summed E-state index contributed by atoms with van der Waals surface area (Å²) in [6.07, 6.45) is 2.59. The fourth-order valence-electron chi connectivity index (χ4n) is 4.93. The number of likely N-dealkylation sites (tertiary alicyclic amines) is 1. The molecule has 3 aromatic carbocycles. The molecule has 8 heteroatoms. The van der Waals surface area contributed by atoms with Crippen LogP contribution >= 0.6 is 12.4 Å². The average Bonchev–Trinajstić information content (AvgIpc) is 3.25. The van der Waals surface area contributed by atoms with Crippen LogP contribution in [-0.2, 0) is 16.0 Å². The first-order chi connectivity index (χ1) is 18.5. The Hall–Kier alpha value is -3.84. The molecule has 3 aromatic rings. The Morgan fingerprint density at radius 1 is 0.949 bits per heavy atom. The number of carbonyl (C=O) groups excluding carboxylic acids is 2. The van der Waals surface area contributed by atoms with E-state index in [1.54, 1.807) is 14.1 Å². The summed E-state index contributed by atoms with van der Waals surface area (Å²) in [6.45, 7) is 1.04. The average molecular weight is 549 g/mol. The quantitative estimate of drug-likeness (QED) is 0.239. The van der Waals surface area contributed by atoms with Crippen molar-refractivity contribution in [3.63, 3.8) is 0 Å². The molecule has 0 radical (unpaired) electrons. The molecule has 0 aromatic heterocycles. The number of amides is 2. The first-order valence-electron chi connectivity index (χ1n) is 13.1. The minimum Gasteiger partial charge on any atom is -0.491 e. The molecule has 0 saturated carbocycles. The number of rotatable bonds is 11. The van der Waals surface area contributed by atoms with E-state index in [0.29, 0.717) is 25.4 Å². The number of benzene rings is 3. The van der Waals surface area contributed by atoms with Crippen LogP contribution in [0.4, 0.5) is 0 Å².